The number of aryl methyl sites for hydroxylation is 2. The Labute approximate surface area is 165 Å². The van der Waals surface area contributed by atoms with Gasteiger partial charge in [-0.05, 0) is 50.6 Å². The smallest absolute Gasteiger partial charge is 0.236 e. The summed E-state index contributed by atoms with van der Waals surface area (Å²) in [6.45, 7) is 6.34. The zero-order valence-corrected chi connectivity index (χ0v) is 16.4. The Kier molecular flexibility index (Phi) is 4.91. The number of nitrogens with one attached hydrogen (secondary N) is 3. The molecule has 0 bridgehead atoms. The summed E-state index contributed by atoms with van der Waals surface area (Å²) in [6, 6.07) is 15.7. The Morgan fingerprint density at radius 3 is 2.57 bits per heavy atom. The molecule has 1 amide bonds. The first-order valence-electron chi connectivity index (χ1n) is 9.71. The van der Waals surface area contributed by atoms with Crippen molar-refractivity contribution in [2.45, 2.75) is 33.0 Å². The van der Waals surface area contributed by atoms with Gasteiger partial charge in [-0.25, -0.2) is 5.43 Å². The van der Waals surface area contributed by atoms with Crippen LogP contribution >= 0.6 is 0 Å². The summed E-state index contributed by atoms with van der Waals surface area (Å²) in [5.74, 6) is -1.24. The highest BCUT2D eigenvalue weighted by Crippen LogP contribution is 2.32. The van der Waals surface area contributed by atoms with Gasteiger partial charge in [0.15, 0.2) is 5.78 Å². The molecule has 2 aliphatic heterocycles. The minimum atomic E-state index is -0.691. The summed E-state index contributed by atoms with van der Waals surface area (Å²) < 4.78 is 0. The summed E-state index contributed by atoms with van der Waals surface area (Å²) in [5.41, 5.74) is 7.38. The van der Waals surface area contributed by atoms with E-state index in [4.69, 9.17) is 0 Å². The van der Waals surface area contributed by atoms with Crippen LogP contribution in [0.25, 0.3) is 0 Å². The molecule has 28 heavy (non-hydrogen) atoms. The molecule has 0 radical (unpaired) electrons. The number of carbonyl (C=O) groups is 2. The van der Waals surface area contributed by atoms with Gasteiger partial charge in [-0.3, -0.25) is 19.9 Å². The standard InChI is InChI=1S/C22H26N4O2/c1-13-7-9-17(10-8-13)26-21-19(15(3)25-26)20(27)18(12-23-21)22(28)24-16-6-4-5-14(2)11-16/h4-11,15,18-19,21,23,25H,12H2,1-3H3,(H,24,28). The quantitative estimate of drug-likeness (QED) is 0.715. The van der Waals surface area contributed by atoms with Crippen LogP contribution in [0, 0.1) is 25.7 Å². The van der Waals surface area contributed by atoms with Crippen LogP contribution in [0.15, 0.2) is 48.5 Å². The fraction of sp³-hybridized carbons (Fsp3) is 0.364. The van der Waals surface area contributed by atoms with Crippen LogP contribution in [0.1, 0.15) is 18.1 Å². The third-order valence-corrected chi connectivity index (χ3v) is 5.62. The maximum absolute atomic E-state index is 13.2. The Hall–Kier alpha value is -2.70. The predicted molar refractivity (Wildman–Crippen MR) is 110 cm³/mol. The summed E-state index contributed by atoms with van der Waals surface area (Å²) >= 11 is 0. The number of rotatable bonds is 3. The van der Waals surface area contributed by atoms with Crippen molar-refractivity contribution in [1.29, 1.82) is 0 Å². The Bertz CT molecular complexity index is 896. The number of amides is 1. The predicted octanol–water partition coefficient (Wildman–Crippen LogP) is 2.39. The zero-order chi connectivity index (χ0) is 19.8. The molecule has 2 fully saturated rings. The van der Waals surface area contributed by atoms with Crippen molar-refractivity contribution in [3.8, 4) is 0 Å². The molecule has 3 N–H and O–H groups in total. The fourth-order valence-corrected chi connectivity index (χ4v) is 4.12. The lowest BCUT2D eigenvalue weighted by atomic mass is 9.83. The number of piperidine rings is 1. The lowest BCUT2D eigenvalue weighted by molar-refractivity contribution is -0.136. The van der Waals surface area contributed by atoms with Crippen molar-refractivity contribution in [2.24, 2.45) is 11.8 Å². The third-order valence-electron chi connectivity index (χ3n) is 5.62. The van der Waals surface area contributed by atoms with E-state index in [0.29, 0.717) is 6.54 Å². The summed E-state index contributed by atoms with van der Waals surface area (Å²) in [4.78, 5) is 25.9. The maximum Gasteiger partial charge on any atom is 0.236 e. The van der Waals surface area contributed by atoms with Crippen molar-refractivity contribution in [3.63, 3.8) is 0 Å². The fourth-order valence-electron chi connectivity index (χ4n) is 4.12. The molecule has 4 rings (SSSR count). The topological polar surface area (TPSA) is 73.5 Å². The number of hydrogen-bond donors (Lipinski definition) is 3. The molecule has 2 heterocycles. The normalized spacial score (nSPS) is 26.8. The number of Topliss-reactive ketones (excluding diaryl/α,β-unsaturated/α-hetero) is 1. The van der Waals surface area contributed by atoms with Gasteiger partial charge < -0.3 is 5.32 Å². The third kappa shape index (κ3) is 3.41. The number of carbonyl (C=O) groups excluding carboxylic acids is 2. The Morgan fingerprint density at radius 1 is 1.11 bits per heavy atom. The molecule has 2 aromatic carbocycles. The van der Waals surface area contributed by atoms with Gasteiger partial charge in [0.05, 0.1) is 11.6 Å². The van der Waals surface area contributed by atoms with E-state index in [1.165, 1.54) is 5.56 Å². The largest absolute Gasteiger partial charge is 0.325 e. The molecule has 146 valence electrons. The number of hydrazine groups is 1. The van der Waals surface area contributed by atoms with Gasteiger partial charge in [-0.2, -0.15) is 0 Å². The molecular formula is C22H26N4O2. The molecule has 0 saturated carbocycles. The number of anilines is 2. The lowest BCUT2D eigenvalue weighted by Gasteiger charge is -2.35. The van der Waals surface area contributed by atoms with Gasteiger partial charge >= 0.3 is 0 Å². The van der Waals surface area contributed by atoms with Crippen molar-refractivity contribution in [1.82, 2.24) is 10.7 Å². The zero-order valence-electron chi connectivity index (χ0n) is 16.4. The summed E-state index contributed by atoms with van der Waals surface area (Å²) in [5, 5.41) is 8.32. The van der Waals surface area contributed by atoms with Gasteiger partial charge in [-0.1, -0.05) is 29.8 Å². The van der Waals surface area contributed by atoms with E-state index in [2.05, 4.69) is 28.2 Å². The average Bonchev–Trinajstić information content (AvgIpc) is 3.00. The van der Waals surface area contributed by atoms with E-state index >= 15 is 0 Å². The molecular weight excluding hydrogens is 352 g/mol. The minimum Gasteiger partial charge on any atom is -0.325 e. The van der Waals surface area contributed by atoms with E-state index in [-0.39, 0.29) is 29.8 Å². The molecule has 4 unspecified atom stereocenters. The second kappa shape index (κ2) is 7.37. The number of ketones is 1. The molecule has 2 aliphatic rings. The number of benzene rings is 2. The van der Waals surface area contributed by atoms with Crippen LogP contribution in [-0.4, -0.2) is 30.4 Å². The molecule has 2 saturated heterocycles. The van der Waals surface area contributed by atoms with E-state index in [1.807, 2.05) is 62.2 Å². The second-order valence-electron chi connectivity index (χ2n) is 7.82. The van der Waals surface area contributed by atoms with Crippen LogP contribution in [-0.2, 0) is 9.59 Å². The van der Waals surface area contributed by atoms with Crippen LogP contribution in [0.4, 0.5) is 11.4 Å². The van der Waals surface area contributed by atoms with Crippen LogP contribution in [0.2, 0.25) is 0 Å². The lowest BCUT2D eigenvalue weighted by Crippen LogP contribution is -2.58. The van der Waals surface area contributed by atoms with E-state index in [0.717, 1.165) is 16.9 Å². The molecule has 4 atom stereocenters. The van der Waals surface area contributed by atoms with Crippen LogP contribution < -0.4 is 21.1 Å². The van der Waals surface area contributed by atoms with E-state index < -0.39 is 5.92 Å². The van der Waals surface area contributed by atoms with Gasteiger partial charge in [0.25, 0.3) is 0 Å². The maximum atomic E-state index is 13.2. The summed E-state index contributed by atoms with van der Waals surface area (Å²) in [7, 11) is 0. The highest BCUT2D eigenvalue weighted by molar-refractivity contribution is 6.09. The molecule has 0 aliphatic carbocycles. The van der Waals surface area contributed by atoms with Gasteiger partial charge in [0.2, 0.25) is 5.91 Å². The number of fused-ring (bicyclic) bond motifs is 1. The molecule has 0 spiro atoms. The number of nitrogens with zero attached hydrogens (tertiary/aromatic N) is 1. The van der Waals surface area contributed by atoms with Crippen LogP contribution in [0.3, 0.4) is 0 Å². The highest BCUT2D eigenvalue weighted by atomic mass is 16.2. The van der Waals surface area contributed by atoms with Crippen molar-refractivity contribution >= 4 is 23.1 Å². The van der Waals surface area contributed by atoms with Gasteiger partial charge in [0.1, 0.15) is 12.1 Å². The molecule has 6 nitrogen and oxygen atoms in total. The summed E-state index contributed by atoms with van der Waals surface area (Å²) in [6.07, 6.45) is -0.159. The Balaban J connectivity index is 1.50. The first-order valence-corrected chi connectivity index (χ1v) is 9.71. The van der Waals surface area contributed by atoms with Crippen molar-refractivity contribution < 1.29 is 9.59 Å². The average molecular weight is 378 g/mol. The Morgan fingerprint density at radius 2 is 1.86 bits per heavy atom. The molecule has 2 aromatic rings. The van der Waals surface area contributed by atoms with Crippen molar-refractivity contribution in [2.75, 3.05) is 16.9 Å². The highest BCUT2D eigenvalue weighted by Gasteiger charge is 2.50. The van der Waals surface area contributed by atoms with E-state index in [1.54, 1.807) is 0 Å². The van der Waals surface area contributed by atoms with Crippen molar-refractivity contribution in [3.05, 3.63) is 59.7 Å². The SMILES string of the molecule is Cc1ccc(N2NC(C)C3C(=O)C(C(=O)Nc4cccc(C)c4)CNC32)cc1. The monoisotopic (exact) mass is 378 g/mol. The molecule has 0 aromatic heterocycles. The van der Waals surface area contributed by atoms with Crippen LogP contribution in [0.5, 0.6) is 0 Å². The van der Waals surface area contributed by atoms with Gasteiger partial charge in [0, 0.05) is 18.3 Å². The minimum absolute atomic E-state index is 0.0106. The van der Waals surface area contributed by atoms with Gasteiger partial charge in [-0.15, -0.1) is 0 Å². The first-order chi connectivity index (χ1) is 13.4. The van der Waals surface area contributed by atoms with E-state index in [9.17, 15) is 9.59 Å². The molecule has 6 heteroatoms. The number of hydrogen-bond acceptors (Lipinski definition) is 5. The second-order valence-corrected chi connectivity index (χ2v) is 7.82. The first kappa shape index (κ1) is 18.7.